The summed E-state index contributed by atoms with van der Waals surface area (Å²) in [5, 5.41) is 0. The van der Waals surface area contributed by atoms with Crippen LogP contribution in [0.1, 0.15) is 111 Å². The number of hydrogen-bond donors (Lipinski definition) is 0. The van der Waals surface area contributed by atoms with E-state index in [9.17, 15) is 9.59 Å². The number of nitrogens with zero attached hydrogens (tertiary/aromatic N) is 2. The van der Waals surface area contributed by atoms with Crippen molar-refractivity contribution < 1.29 is 9.59 Å². The van der Waals surface area contributed by atoms with Crippen LogP contribution >= 0.6 is 0 Å². The zero-order chi connectivity index (χ0) is 22.4. The molecule has 0 aromatic carbocycles. The lowest BCUT2D eigenvalue weighted by Crippen LogP contribution is -2.43. The zero-order valence-electron chi connectivity index (χ0n) is 20.8. The Morgan fingerprint density at radius 1 is 0.690 bits per heavy atom. The molecule has 0 aliphatic carbocycles. The van der Waals surface area contributed by atoms with Gasteiger partial charge in [0.05, 0.1) is 6.54 Å². The molecule has 1 amide bonds. The minimum Gasteiger partial charge on any atom is -0.341 e. The Morgan fingerprint density at radius 3 is 1.31 bits per heavy atom. The maximum atomic E-state index is 11.8. The van der Waals surface area contributed by atoms with Gasteiger partial charge in [-0.3, -0.25) is 14.5 Å². The predicted molar refractivity (Wildman–Crippen MR) is 132 cm³/mol. The SMILES string of the molecule is C.C.CN(C(=O)CCC(C)(C)C)C(C)(C)C.CN(CC(=O)C(C)(C)C)C(C)(C)C. The molecule has 0 saturated heterocycles. The van der Waals surface area contributed by atoms with E-state index < -0.39 is 0 Å². The summed E-state index contributed by atoms with van der Waals surface area (Å²) in [5.41, 5.74) is 0.0315. The molecule has 4 heteroatoms. The van der Waals surface area contributed by atoms with Gasteiger partial charge in [0.2, 0.25) is 5.91 Å². The lowest BCUT2D eigenvalue weighted by Gasteiger charge is -2.33. The standard InChI is InChI=1S/C12H25NO.C11H23NO.2CH4/c1-11(2,3)9-8-10(14)13(7)12(4,5)6;1-10(2,3)9(13)8-12(7)11(4,5)6;;/h8-9H2,1-7H3;8H2,1-7H3;2*1H4. The van der Waals surface area contributed by atoms with Gasteiger partial charge in [-0.15, -0.1) is 0 Å². The maximum absolute atomic E-state index is 11.8. The van der Waals surface area contributed by atoms with E-state index in [1.54, 1.807) is 0 Å². The van der Waals surface area contributed by atoms with Gasteiger partial charge in [0.15, 0.2) is 5.78 Å². The summed E-state index contributed by atoms with van der Waals surface area (Å²) in [6.07, 6.45) is 1.60. The van der Waals surface area contributed by atoms with Crippen molar-refractivity contribution in [3.05, 3.63) is 0 Å². The monoisotopic (exact) mass is 416 g/mol. The van der Waals surface area contributed by atoms with E-state index in [4.69, 9.17) is 0 Å². The largest absolute Gasteiger partial charge is 0.341 e. The molecule has 0 fully saturated rings. The summed E-state index contributed by atoms with van der Waals surface area (Å²) in [6, 6.07) is 0. The van der Waals surface area contributed by atoms with Crippen molar-refractivity contribution in [2.24, 2.45) is 10.8 Å². The maximum Gasteiger partial charge on any atom is 0.222 e. The Bertz CT molecular complexity index is 469. The van der Waals surface area contributed by atoms with Crippen LogP contribution in [0.25, 0.3) is 0 Å². The summed E-state index contributed by atoms with van der Waals surface area (Å²) in [6.45, 7) is 25.4. The van der Waals surface area contributed by atoms with Crippen molar-refractivity contribution in [2.75, 3.05) is 20.6 Å². The minimum atomic E-state index is -0.223. The first kappa shape index (κ1) is 35.5. The number of ketones is 1. The average Bonchev–Trinajstić information content (AvgIpc) is 2.40. The van der Waals surface area contributed by atoms with Gasteiger partial charge in [0, 0.05) is 30.0 Å². The molecule has 0 unspecified atom stereocenters. The van der Waals surface area contributed by atoms with Crippen LogP contribution in [0.4, 0.5) is 0 Å². The fourth-order valence-electron chi connectivity index (χ4n) is 1.71. The molecule has 0 heterocycles. The fourth-order valence-corrected chi connectivity index (χ4v) is 1.71. The normalized spacial score (nSPS) is 12.2. The smallest absolute Gasteiger partial charge is 0.222 e. The summed E-state index contributed by atoms with van der Waals surface area (Å²) in [4.78, 5) is 27.4. The van der Waals surface area contributed by atoms with Crippen LogP contribution < -0.4 is 0 Å². The number of carbonyl (C=O) groups is 2. The molecule has 0 radical (unpaired) electrons. The topological polar surface area (TPSA) is 40.6 Å². The van der Waals surface area contributed by atoms with Gasteiger partial charge in [0.1, 0.15) is 0 Å². The molecule has 0 aromatic heterocycles. The van der Waals surface area contributed by atoms with Crippen LogP contribution in [0.5, 0.6) is 0 Å². The molecule has 0 aliphatic heterocycles. The van der Waals surface area contributed by atoms with Gasteiger partial charge in [-0.2, -0.15) is 0 Å². The Labute approximate surface area is 184 Å². The van der Waals surface area contributed by atoms with E-state index in [2.05, 4.69) is 67.2 Å². The molecule has 178 valence electrons. The van der Waals surface area contributed by atoms with E-state index in [0.717, 1.165) is 6.42 Å². The van der Waals surface area contributed by atoms with Gasteiger partial charge >= 0.3 is 0 Å². The first-order chi connectivity index (χ1) is 11.6. The van der Waals surface area contributed by atoms with E-state index in [-0.39, 0.29) is 42.7 Å². The van der Waals surface area contributed by atoms with Gasteiger partial charge in [-0.25, -0.2) is 0 Å². The highest BCUT2D eigenvalue weighted by Gasteiger charge is 2.26. The molecule has 4 nitrogen and oxygen atoms in total. The summed E-state index contributed by atoms with van der Waals surface area (Å²) in [7, 11) is 3.87. The van der Waals surface area contributed by atoms with E-state index in [1.165, 1.54) is 0 Å². The van der Waals surface area contributed by atoms with E-state index >= 15 is 0 Å². The molecule has 0 aromatic rings. The first-order valence-corrected chi connectivity index (χ1v) is 10.1. The van der Waals surface area contributed by atoms with Crippen molar-refractivity contribution in [3.8, 4) is 0 Å². The molecular formula is C25H56N2O2. The van der Waals surface area contributed by atoms with Gasteiger partial charge in [0.25, 0.3) is 0 Å². The van der Waals surface area contributed by atoms with Crippen molar-refractivity contribution in [1.82, 2.24) is 9.80 Å². The predicted octanol–water partition coefficient (Wildman–Crippen LogP) is 6.67. The zero-order valence-corrected chi connectivity index (χ0v) is 20.8. The quantitative estimate of drug-likeness (QED) is 0.513. The number of Topliss-reactive ketones (excluding diaryl/α,β-unsaturated/α-hetero) is 1. The number of hydrogen-bond acceptors (Lipinski definition) is 3. The molecule has 0 aliphatic rings. The summed E-state index contributed by atoms with van der Waals surface area (Å²) >= 11 is 0. The number of amides is 1. The lowest BCUT2D eigenvalue weighted by atomic mass is 9.90. The lowest BCUT2D eigenvalue weighted by molar-refractivity contribution is -0.134. The van der Waals surface area contributed by atoms with Crippen LogP contribution in [-0.2, 0) is 9.59 Å². The Morgan fingerprint density at radius 2 is 1.07 bits per heavy atom. The number of rotatable bonds is 4. The molecule has 0 spiro atoms. The first-order valence-electron chi connectivity index (χ1n) is 10.1. The molecule has 0 bridgehead atoms. The Balaban J connectivity index is -0.000000202. The molecule has 29 heavy (non-hydrogen) atoms. The molecule has 0 N–H and O–H groups in total. The van der Waals surface area contributed by atoms with Crippen LogP contribution in [-0.4, -0.2) is 53.2 Å². The van der Waals surface area contributed by atoms with Crippen LogP contribution in [0, 0.1) is 10.8 Å². The van der Waals surface area contributed by atoms with Crippen LogP contribution in [0.15, 0.2) is 0 Å². The van der Waals surface area contributed by atoms with Gasteiger partial charge in [-0.05, 0) is 60.4 Å². The molecule has 0 atom stereocenters. The van der Waals surface area contributed by atoms with Crippen molar-refractivity contribution in [3.63, 3.8) is 0 Å². The molecular weight excluding hydrogens is 360 g/mol. The van der Waals surface area contributed by atoms with E-state index in [1.807, 2.05) is 39.8 Å². The Kier molecular flexibility index (Phi) is 15.6. The third kappa shape index (κ3) is 17.7. The van der Waals surface area contributed by atoms with Gasteiger partial charge in [-0.1, -0.05) is 56.4 Å². The molecule has 0 rings (SSSR count). The van der Waals surface area contributed by atoms with Crippen LogP contribution in [0.2, 0.25) is 0 Å². The Hall–Kier alpha value is -0.900. The highest BCUT2D eigenvalue weighted by molar-refractivity contribution is 5.85. The minimum absolute atomic E-state index is 0. The average molecular weight is 417 g/mol. The second-order valence-electron chi connectivity index (χ2n) is 11.9. The van der Waals surface area contributed by atoms with Crippen molar-refractivity contribution in [2.45, 2.75) is 122 Å². The fraction of sp³-hybridized carbons (Fsp3) is 0.920. The van der Waals surface area contributed by atoms with E-state index in [0.29, 0.717) is 18.7 Å². The number of carbonyl (C=O) groups excluding carboxylic acids is 2. The second-order valence-corrected chi connectivity index (χ2v) is 11.9. The van der Waals surface area contributed by atoms with Crippen molar-refractivity contribution >= 4 is 11.7 Å². The highest BCUT2D eigenvalue weighted by atomic mass is 16.2. The van der Waals surface area contributed by atoms with Crippen molar-refractivity contribution in [1.29, 1.82) is 0 Å². The third-order valence-corrected chi connectivity index (χ3v) is 4.83. The third-order valence-electron chi connectivity index (χ3n) is 4.83. The summed E-state index contributed by atoms with van der Waals surface area (Å²) < 4.78 is 0. The molecule has 0 saturated carbocycles. The number of likely N-dealkylation sites (N-methyl/N-ethyl adjacent to an activating group) is 1. The van der Waals surface area contributed by atoms with Crippen LogP contribution in [0.3, 0.4) is 0 Å². The highest BCUT2D eigenvalue weighted by Crippen LogP contribution is 2.22. The summed E-state index contributed by atoms with van der Waals surface area (Å²) in [5.74, 6) is 0.539. The van der Waals surface area contributed by atoms with Gasteiger partial charge < -0.3 is 4.90 Å². The second kappa shape index (κ2) is 12.7.